The van der Waals surface area contributed by atoms with Gasteiger partial charge in [-0.1, -0.05) is 6.07 Å². The molecule has 3 rings (SSSR count). The fraction of sp³-hybridized carbons (Fsp3) is 0.235. The third-order valence-corrected chi connectivity index (χ3v) is 3.82. The van der Waals surface area contributed by atoms with E-state index in [1.807, 2.05) is 6.07 Å². The number of hydrogen-bond donors (Lipinski definition) is 1. The van der Waals surface area contributed by atoms with Crippen molar-refractivity contribution < 1.29 is 14.0 Å². The molecule has 1 aliphatic heterocycles. The van der Waals surface area contributed by atoms with Crippen molar-refractivity contribution >= 4 is 17.5 Å². The Morgan fingerprint density at radius 1 is 1.30 bits per heavy atom. The van der Waals surface area contributed by atoms with E-state index in [0.717, 1.165) is 5.56 Å². The first-order valence-corrected chi connectivity index (χ1v) is 7.36. The second-order valence-electron chi connectivity index (χ2n) is 5.46. The maximum absolute atomic E-state index is 13.0. The lowest BCUT2D eigenvalue weighted by molar-refractivity contribution is -0.126. The minimum atomic E-state index is -0.399. The molecule has 23 heavy (non-hydrogen) atoms. The number of nitrogens with zero attached hydrogens (tertiary/aromatic N) is 2. The van der Waals surface area contributed by atoms with Crippen molar-refractivity contribution in [1.29, 1.82) is 0 Å². The lowest BCUT2D eigenvalue weighted by atomic mass is 10.1. The molecule has 6 heteroatoms. The van der Waals surface area contributed by atoms with Gasteiger partial charge in [-0.3, -0.25) is 14.6 Å². The average Bonchev–Trinajstić information content (AvgIpc) is 2.96. The molecular weight excluding hydrogens is 297 g/mol. The van der Waals surface area contributed by atoms with Crippen LogP contribution in [0.2, 0.25) is 0 Å². The highest BCUT2D eigenvalue weighted by molar-refractivity contribution is 6.00. The molecule has 1 fully saturated rings. The maximum atomic E-state index is 13.0. The Kier molecular flexibility index (Phi) is 4.32. The van der Waals surface area contributed by atoms with E-state index in [2.05, 4.69) is 10.3 Å². The van der Waals surface area contributed by atoms with E-state index in [4.69, 9.17) is 0 Å². The molecule has 0 spiro atoms. The summed E-state index contributed by atoms with van der Waals surface area (Å²) in [4.78, 5) is 29.8. The quantitative estimate of drug-likeness (QED) is 0.937. The fourth-order valence-corrected chi connectivity index (χ4v) is 2.59. The molecule has 1 atom stereocenters. The normalized spacial score (nSPS) is 17.3. The van der Waals surface area contributed by atoms with E-state index < -0.39 is 5.92 Å². The van der Waals surface area contributed by atoms with Gasteiger partial charge >= 0.3 is 0 Å². The molecule has 0 unspecified atom stereocenters. The van der Waals surface area contributed by atoms with E-state index in [-0.39, 0.29) is 24.1 Å². The molecule has 0 saturated carbocycles. The van der Waals surface area contributed by atoms with Crippen molar-refractivity contribution in [3.63, 3.8) is 0 Å². The molecule has 0 aliphatic carbocycles. The van der Waals surface area contributed by atoms with Crippen molar-refractivity contribution in [2.24, 2.45) is 5.92 Å². The molecule has 2 heterocycles. The first-order valence-electron chi connectivity index (χ1n) is 7.36. The van der Waals surface area contributed by atoms with Gasteiger partial charge in [0.25, 0.3) is 0 Å². The molecule has 1 N–H and O–H groups in total. The first-order chi connectivity index (χ1) is 11.1. The summed E-state index contributed by atoms with van der Waals surface area (Å²) in [7, 11) is 0. The van der Waals surface area contributed by atoms with Gasteiger partial charge in [-0.2, -0.15) is 0 Å². The Morgan fingerprint density at radius 3 is 2.78 bits per heavy atom. The van der Waals surface area contributed by atoms with Crippen LogP contribution in [0, 0.1) is 11.7 Å². The van der Waals surface area contributed by atoms with Crippen LogP contribution in [0.3, 0.4) is 0 Å². The van der Waals surface area contributed by atoms with Crippen molar-refractivity contribution in [3.05, 3.63) is 60.2 Å². The molecule has 1 aromatic carbocycles. The minimum absolute atomic E-state index is 0.127. The van der Waals surface area contributed by atoms with E-state index >= 15 is 0 Å². The lowest BCUT2D eigenvalue weighted by Crippen LogP contribution is -2.32. The molecule has 118 valence electrons. The monoisotopic (exact) mass is 313 g/mol. The van der Waals surface area contributed by atoms with E-state index in [0.29, 0.717) is 18.8 Å². The smallest absolute Gasteiger partial charge is 0.227 e. The number of rotatable bonds is 4. The van der Waals surface area contributed by atoms with Crippen LogP contribution in [0.1, 0.15) is 12.0 Å². The number of amides is 2. The Morgan fingerprint density at radius 2 is 2.09 bits per heavy atom. The molecule has 1 aromatic heterocycles. The van der Waals surface area contributed by atoms with Crippen LogP contribution in [0.5, 0.6) is 0 Å². The molecule has 0 bridgehead atoms. The van der Waals surface area contributed by atoms with Gasteiger partial charge < -0.3 is 10.2 Å². The third kappa shape index (κ3) is 3.53. The number of nitrogens with one attached hydrogen (secondary N) is 1. The second kappa shape index (κ2) is 6.56. The zero-order chi connectivity index (χ0) is 16.2. The van der Waals surface area contributed by atoms with Gasteiger partial charge in [-0.05, 0) is 35.9 Å². The zero-order valence-electron chi connectivity index (χ0n) is 12.4. The van der Waals surface area contributed by atoms with E-state index in [9.17, 15) is 14.0 Å². The van der Waals surface area contributed by atoms with E-state index in [1.165, 1.54) is 17.0 Å². The number of anilines is 1. The molecule has 5 nitrogen and oxygen atoms in total. The van der Waals surface area contributed by atoms with Crippen LogP contribution in [-0.2, 0) is 16.1 Å². The van der Waals surface area contributed by atoms with Crippen molar-refractivity contribution in [1.82, 2.24) is 10.3 Å². The first kappa shape index (κ1) is 15.1. The summed E-state index contributed by atoms with van der Waals surface area (Å²) >= 11 is 0. The van der Waals surface area contributed by atoms with Gasteiger partial charge in [0.2, 0.25) is 11.8 Å². The molecule has 0 radical (unpaired) electrons. The summed E-state index contributed by atoms with van der Waals surface area (Å²) in [6, 6.07) is 9.37. The standard InChI is InChI=1S/C17H16FN3O2/c18-14-3-5-15(6-4-14)21-11-13(8-16(21)22)17(23)20-10-12-2-1-7-19-9-12/h1-7,9,13H,8,10-11H2,(H,20,23)/t13-/m0/s1. The van der Waals surface area contributed by atoms with Gasteiger partial charge in [0, 0.05) is 37.6 Å². The highest BCUT2D eigenvalue weighted by Gasteiger charge is 2.34. The molecule has 1 aliphatic rings. The summed E-state index contributed by atoms with van der Waals surface area (Å²) in [6.07, 6.45) is 3.52. The topological polar surface area (TPSA) is 62.3 Å². The van der Waals surface area contributed by atoms with Crippen LogP contribution in [0.25, 0.3) is 0 Å². The SMILES string of the molecule is O=C(NCc1cccnc1)[C@H]1CC(=O)N(c2ccc(F)cc2)C1. The predicted octanol–water partition coefficient (Wildman–Crippen LogP) is 1.89. The predicted molar refractivity (Wildman–Crippen MR) is 82.9 cm³/mol. The van der Waals surface area contributed by atoms with Gasteiger partial charge in [0.15, 0.2) is 0 Å². The second-order valence-corrected chi connectivity index (χ2v) is 5.46. The average molecular weight is 313 g/mol. The van der Waals surface area contributed by atoms with Crippen LogP contribution in [0.15, 0.2) is 48.8 Å². The van der Waals surface area contributed by atoms with E-state index in [1.54, 1.807) is 30.6 Å². The lowest BCUT2D eigenvalue weighted by Gasteiger charge is -2.16. The fourth-order valence-electron chi connectivity index (χ4n) is 2.59. The van der Waals surface area contributed by atoms with Crippen LogP contribution in [0.4, 0.5) is 10.1 Å². The highest BCUT2D eigenvalue weighted by Crippen LogP contribution is 2.25. The third-order valence-electron chi connectivity index (χ3n) is 3.82. The molecule has 2 aromatic rings. The van der Waals surface area contributed by atoms with Crippen LogP contribution in [-0.4, -0.2) is 23.3 Å². The summed E-state index contributed by atoms with van der Waals surface area (Å²) in [5.41, 5.74) is 1.51. The molecule has 1 saturated heterocycles. The number of halogens is 1. The molecular formula is C17H16FN3O2. The Balaban J connectivity index is 1.60. The number of carbonyl (C=O) groups is 2. The number of aromatic nitrogens is 1. The number of carbonyl (C=O) groups excluding carboxylic acids is 2. The maximum Gasteiger partial charge on any atom is 0.227 e. The summed E-state index contributed by atoms with van der Waals surface area (Å²) in [5, 5.41) is 2.82. The Hall–Kier alpha value is -2.76. The molecule has 2 amide bonds. The number of pyridine rings is 1. The van der Waals surface area contributed by atoms with Crippen molar-refractivity contribution in [2.45, 2.75) is 13.0 Å². The van der Waals surface area contributed by atoms with Gasteiger partial charge in [0.05, 0.1) is 5.92 Å². The Labute approximate surface area is 133 Å². The number of hydrogen-bond acceptors (Lipinski definition) is 3. The minimum Gasteiger partial charge on any atom is -0.352 e. The van der Waals surface area contributed by atoms with Crippen LogP contribution < -0.4 is 10.2 Å². The van der Waals surface area contributed by atoms with Gasteiger partial charge in [-0.25, -0.2) is 4.39 Å². The van der Waals surface area contributed by atoms with Crippen molar-refractivity contribution in [3.8, 4) is 0 Å². The summed E-state index contributed by atoms with van der Waals surface area (Å²) in [6.45, 7) is 0.692. The number of benzene rings is 1. The summed E-state index contributed by atoms with van der Waals surface area (Å²) in [5.74, 6) is -1.04. The van der Waals surface area contributed by atoms with Crippen LogP contribution >= 0.6 is 0 Å². The largest absolute Gasteiger partial charge is 0.352 e. The summed E-state index contributed by atoms with van der Waals surface area (Å²) < 4.78 is 13.0. The Bertz CT molecular complexity index is 704. The van der Waals surface area contributed by atoms with Gasteiger partial charge in [-0.15, -0.1) is 0 Å². The zero-order valence-corrected chi connectivity index (χ0v) is 12.4. The van der Waals surface area contributed by atoms with Gasteiger partial charge in [0.1, 0.15) is 5.82 Å². The van der Waals surface area contributed by atoms with Crippen molar-refractivity contribution in [2.75, 3.05) is 11.4 Å². The highest BCUT2D eigenvalue weighted by atomic mass is 19.1.